The molecule has 2 rings (SSSR count). The van der Waals surface area contributed by atoms with Crippen LogP contribution in [0.4, 0.5) is 0 Å². The van der Waals surface area contributed by atoms with E-state index in [1.54, 1.807) is 12.1 Å². The van der Waals surface area contributed by atoms with E-state index in [0.29, 0.717) is 12.1 Å². The first kappa shape index (κ1) is 19.2. The number of carbonyl (C=O) groups is 2. The number of halogens is 1. The molecule has 0 saturated heterocycles. The molecule has 1 atom stereocenters. The number of carbonyl (C=O) groups excluding carboxylic acids is 2. The van der Waals surface area contributed by atoms with Crippen LogP contribution in [-0.2, 0) is 11.2 Å². The lowest BCUT2D eigenvalue weighted by atomic mass is 10.0. The molecule has 2 N–H and O–H groups in total. The zero-order valence-electron chi connectivity index (χ0n) is 14.5. The van der Waals surface area contributed by atoms with Crippen LogP contribution in [0.1, 0.15) is 47.8 Å². The van der Waals surface area contributed by atoms with Crippen molar-refractivity contribution in [2.45, 2.75) is 32.7 Å². The number of benzene rings is 2. The van der Waals surface area contributed by atoms with Crippen molar-refractivity contribution in [3.8, 4) is 0 Å². The highest BCUT2D eigenvalue weighted by Crippen LogP contribution is 2.14. The molecule has 0 heterocycles. The summed E-state index contributed by atoms with van der Waals surface area (Å²) < 4.78 is 0.921. The second-order valence-corrected chi connectivity index (χ2v) is 6.81. The smallest absolute Gasteiger partial charge is 0.251 e. The van der Waals surface area contributed by atoms with Gasteiger partial charge >= 0.3 is 0 Å². The van der Waals surface area contributed by atoms with Crippen molar-refractivity contribution in [3.63, 3.8) is 0 Å². The largest absolute Gasteiger partial charge is 0.352 e. The van der Waals surface area contributed by atoms with Gasteiger partial charge in [-0.3, -0.25) is 9.59 Å². The van der Waals surface area contributed by atoms with E-state index < -0.39 is 0 Å². The Morgan fingerprint density at radius 3 is 2.28 bits per heavy atom. The molecule has 0 fully saturated rings. The predicted octanol–water partition coefficient (Wildman–Crippen LogP) is 4.01. The molecule has 0 saturated carbocycles. The van der Waals surface area contributed by atoms with Crippen molar-refractivity contribution < 1.29 is 9.59 Å². The molecule has 4 nitrogen and oxygen atoms in total. The standard InChI is InChI=1S/C20H23BrN2O2/c1-3-15-4-6-16(7-5-15)14(2)23-19(24)12-13-22-20(25)17-8-10-18(21)11-9-17/h4-11,14H,3,12-13H2,1-2H3,(H,22,25)(H,23,24). The van der Waals surface area contributed by atoms with Crippen LogP contribution in [-0.4, -0.2) is 18.4 Å². The summed E-state index contributed by atoms with van der Waals surface area (Å²) in [4.78, 5) is 24.0. The van der Waals surface area contributed by atoms with E-state index in [9.17, 15) is 9.59 Å². The van der Waals surface area contributed by atoms with Gasteiger partial charge in [0.2, 0.25) is 5.91 Å². The van der Waals surface area contributed by atoms with Gasteiger partial charge in [-0.15, -0.1) is 0 Å². The summed E-state index contributed by atoms with van der Waals surface area (Å²) in [5, 5.41) is 5.72. The highest BCUT2D eigenvalue weighted by molar-refractivity contribution is 9.10. The maximum atomic E-state index is 12.0. The Morgan fingerprint density at radius 2 is 1.68 bits per heavy atom. The molecule has 25 heavy (non-hydrogen) atoms. The third kappa shape index (κ3) is 6.02. The predicted molar refractivity (Wildman–Crippen MR) is 103 cm³/mol. The molecule has 0 aliphatic carbocycles. The average molecular weight is 403 g/mol. The summed E-state index contributed by atoms with van der Waals surface area (Å²) in [6.07, 6.45) is 1.25. The average Bonchev–Trinajstić information content (AvgIpc) is 2.62. The lowest BCUT2D eigenvalue weighted by Crippen LogP contribution is -2.32. The molecular weight excluding hydrogens is 380 g/mol. The van der Waals surface area contributed by atoms with Gasteiger partial charge in [-0.2, -0.15) is 0 Å². The Morgan fingerprint density at radius 1 is 1.04 bits per heavy atom. The maximum Gasteiger partial charge on any atom is 0.251 e. The molecule has 2 aromatic carbocycles. The van der Waals surface area contributed by atoms with E-state index in [1.165, 1.54) is 5.56 Å². The van der Waals surface area contributed by atoms with Gasteiger partial charge in [0, 0.05) is 23.0 Å². The molecular formula is C20H23BrN2O2. The van der Waals surface area contributed by atoms with Crippen molar-refractivity contribution in [3.05, 3.63) is 69.7 Å². The van der Waals surface area contributed by atoms with Crippen LogP contribution in [0, 0.1) is 0 Å². The highest BCUT2D eigenvalue weighted by Gasteiger charge is 2.10. The maximum absolute atomic E-state index is 12.0. The lowest BCUT2D eigenvalue weighted by Gasteiger charge is -2.15. The van der Waals surface area contributed by atoms with Crippen molar-refractivity contribution in [1.82, 2.24) is 10.6 Å². The van der Waals surface area contributed by atoms with Gasteiger partial charge in [-0.25, -0.2) is 0 Å². The summed E-state index contributed by atoms with van der Waals surface area (Å²) >= 11 is 3.33. The van der Waals surface area contributed by atoms with E-state index in [1.807, 2.05) is 31.2 Å². The van der Waals surface area contributed by atoms with E-state index >= 15 is 0 Å². The van der Waals surface area contributed by atoms with Gasteiger partial charge in [0.25, 0.3) is 5.91 Å². The van der Waals surface area contributed by atoms with E-state index in [2.05, 4.69) is 45.6 Å². The Balaban J connectivity index is 1.76. The van der Waals surface area contributed by atoms with Crippen LogP contribution in [0.5, 0.6) is 0 Å². The van der Waals surface area contributed by atoms with Crippen molar-refractivity contribution in [2.24, 2.45) is 0 Å². The van der Waals surface area contributed by atoms with Gasteiger partial charge in [-0.1, -0.05) is 47.1 Å². The Bertz CT molecular complexity index is 711. The Hall–Kier alpha value is -2.14. The molecule has 0 aliphatic heterocycles. The topological polar surface area (TPSA) is 58.2 Å². The van der Waals surface area contributed by atoms with Crippen LogP contribution in [0.25, 0.3) is 0 Å². The third-order valence-electron chi connectivity index (χ3n) is 4.01. The summed E-state index contributed by atoms with van der Waals surface area (Å²) in [7, 11) is 0. The molecule has 1 unspecified atom stereocenters. The monoisotopic (exact) mass is 402 g/mol. The fraction of sp³-hybridized carbons (Fsp3) is 0.300. The minimum Gasteiger partial charge on any atom is -0.352 e. The number of amides is 2. The van der Waals surface area contributed by atoms with Gasteiger partial charge in [-0.05, 0) is 48.7 Å². The Labute approximate surface area is 157 Å². The van der Waals surface area contributed by atoms with Gasteiger partial charge in [0.15, 0.2) is 0 Å². The quantitative estimate of drug-likeness (QED) is 0.734. The first-order chi connectivity index (χ1) is 12.0. The summed E-state index contributed by atoms with van der Waals surface area (Å²) in [6, 6.07) is 15.3. The molecule has 0 radical (unpaired) electrons. The number of nitrogens with one attached hydrogen (secondary N) is 2. The summed E-state index contributed by atoms with van der Waals surface area (Å²) in [5.74, 6) is -0.258. The van der Waals surface area contributed by atoms with E-state index in [4.69, 9.17) is 0 Å². The number of rotatable bonds is 7. The van der Waals surface area contributed by atoms with Crippen molar-refractivity contribution >= 4 is 27.7 Å². The van der Waals surface area contributed by atoms with Crippen LogP contribution < -0.4 is 10.6 Å². The summed E-state index contributed by atoms with van der Waals surface area (Å²) in [6.45, 7) is 4.38. The summed E-state index contributed by atoms with van der Waals surface area (Å²) in [5.41, 5.74) is 2.93. The van der Waals surface area contributed by atoms with Gasteiger partial charge in [0.1, 0.15) is 0 Å². The van der Waals surface area contributed by atoms with E-state index in [0.717, 1.165) is 16.5 Å². The molecule has 132 valence electrons. The number of hydrogen-bond acceptors (Lipinski definition) is 2. The molecule has 5 heteroatoms. The number of hydrogen-bond donors (Lipinski definition) is 2. The van der Waals surface area contributed by atoms with Crippen molar-refractivity contribution in [1.29, 1.82) is 0 Å². The van der Waals surface area contributed by atoms with Gasteiger partial charge in [0.05, 0.1) is 6.04 Å². The fourth-order valence-corrected chi connectivity index (χ4v) is 2.70. The highest BCUT2D eigenvalue weighted by atomic mass is 79.9. The first-order valence-corrected chi connectivity index (χ1v) is 9.21. The molecule has 0 aromatic heterocycles. The molecule has 2 aromatic rings. The van der Waals surface area contributed by atoms with E-state index in [-0.39, 0.29) is 24.3 Å². The van der Waals surface area contributed by atoms with Crippen LogP contribution >= 0.6 is 15.9 Å². The zero-order valence-corrected chi connectivity index (χ0v) is 16.1. The second kappa shape index (κ2) is 9.37. The normalized spacial score (nSPS) is 11.6. The molecule has 0 aliphatic rings. The third-order valence-corrected chi connectivity index (χ3v) is 4.54. The van der Waals surface area contributed by atoms with Crippen LogP contribution in [0.3, 0.4) is 0 Å². The van der Waals surface area contributed by atoms with Gasteiger partial charge < -0.3 is 10.6 Å². The lowest BCUT2D eigenvalue weighted by molar-refractivity contribution is -0.121. The fourth-order valence-electron chi connectivity index (χ4n) is 2.43. The zero-order chi connectivity index (χ0) is 18.2. The first-order valence-electron chi connectivity index (χ1n) is 8.41. The van der Waals surface area contributed by atoms with Crippen molar-refractivity contribution in [2.75, 3.05) is 6.54 Å². The second-order valence-electron chi connectivity index (χ2n) is 5.90. The van der Waals surface area contributed by atoms with Crippen LogP contribution in [0.2, 0.25) is 0 Å². The molecule has 0 bridgehead atoms. The Kier molecular flexibility index (Phi) is 7.19. The SMILES string of the molecule is CCc1ccc(C(C)NC(=O)CCNC(=O)c2ccc(Br)cc2)cc1. The minimum absolute atomic E-state index is 0.0550. The number of aryl methyl sites for hydroxylation is 1. The van der Waals surface area contributed by atoms with Crippen LogP contribution in [0.15, 0.2) is 53.0 Å². The molecule has 0 spiro atoms. The minimum atomic E-state index is -0.177. The molecule has 2 amide bonds.